The lowest BCUT2D eigenvalue weighted by molar-refractivity contribution is 0.448. The molecular formula is C17H19ClN2S. The number of halogens is 1. The van der Waals surface area contributed by atoms with Gasteiger partial charge < -0.3 is 5.73 Å². The zero-order valence-corrected chi connectivity index (χ0v) is 13.5. The summed E-state index contributed by atoms with van der Waals surface area (Å²) in [4.78, 5) is 4.72. The number of nitrogens with two attached hydrogens (primary N) is 1. The summed E-state index contributed by atoms with van der Waals surface area (Å²) < 4.78 is 0. The Kier molecular flexibility index (Phi) is 4.96. The number of amidine groups is 1. The highest BCUT2D eigenvalue weighted by atomic mass is 35.5. The standard InChI is InChI=1S/C17H18N2S.ClH/c1-17(14-10-6-3-7-11-14)12-15(20-16(18)19-17)13-8-4-2-5-9-13;/h2-11,15H,12H2,1H3,(H2,18,19);1H/t15-,17+;/m0./s1. The first-order chi connectivity index (χ1) is 9.67. The van der Waals surface area contributed by atoms with Crippen molar-refractivity contribution >= 4 is 29.3 Å². The van der Waals surface area contributed by atoms with Crippen LogP contribution in [0.15, 0.2) is 65.7 Å². The van der Waals surface area contributed by atoms with E-state index in [1.54, 1.807) is 11.8 Å². The van der Waals surface area contributed by atoms with Crippen LogP contribution in [0.3, 0.4) is 0 Å². The van der Waals surface area contributed by atoms with Crippen molar-refractivity contribution in [1.29, 1.82) is 0 Å². The summed E-state index contributed by atoms with van der Waals surface area (Å²) in [5, 5.41) is 1.04. The molecule has 0 unspecified atom stereocenters. The van der Waals surface area contributed by atoms with Crippen LogP contribution in [0.25, 0.3) is 0 Å². The molecular weight excluding hydrogens is 300 g/mol. The molecule has 0 bridgehead atoms. The minimum Gasteiger partial charge on any atom is -0.378 e. The quantitative estimate of drug-likeness (QED) is 0.884. The molecule has 2 aromatic rings. The molecule has 2 nitrogen and oxygen atoms in total. The van der Waals surface area contributed by atoms with Crippen molar-refractivity contribution in [3.63, 3.8) is 0 Å². The Hall–Kier alpha value is -1.45. The number of thioether (sulfide) groups is 1. The van der Waals surface area contributed by atoms with E-state index in [1.165, 1.54) is 11.1 Å². The Bertz CT molecular complexity index is 615. The largest absolute Gasteiger partial charge is 0.378 e. The molecule has 3 rings (SSSR count). The van der Waals surface area contributed by atoms with E-state index in [0.717, 1.165) is 6.42 Å². The van der Waals surface area contributed by atoms with E-state index in [1.807, 2.05) is 12.1 Å². The number of benzene rings is 2. The van der Waals surface area contributed by atoms with Gasteiger partial charge in [-0.3, -0.25) is 4.99 Å². The average Bonchev–Trinajstić information content (AvgIpc) is 2.48. The molecule has 1 aliphatic heterocycles. The van der Waals surface area contributed by atoms with Crippen LogP contribution in [0, 0.1) is 0 Å². The van der Waals surface area contributed by atoms with Gasteiger partial charge in [-0.05, 0) is 24.5 Å². The smallest absolute Gasteiger partial charge is 0.155 e. The Morgan fingerprint density at radius 3 is 2.24 bits per heavy atom. The van der Waals surface area contributed by atoms with Crippen LogP contribution in [-0.2, 0) is 5.54 Å². The van der Waals surface area contributed by atoms with Gasteiger partial charge in [-0.15, -0.1) is 12.4 Å². The van der Waals surface area contributed by atoms with Crippen molar-refractivity contribution in [1.82, 2.24) is 0 Å². The highest BCUT2D eigenvalue weighted by Gasteiger charge is 2.35. The summed E-state index contributed by atoms with van der Waals surface area (Å²) in [7, 11) is 0. The van der Waals surface area contributed by atoms with Gasteiger partial charge in [0.15, 0.2) is 5.17 Å². The number of aliphatic imine (C=N–C) groups is 1. The first kappa shape index (κ1) is 15.9. The Morgan fingerprint density at radius 1 is 1.05 bits per heavy atom. The fraction of sp³-hybridized carbons (Fsp3) is 0.235. The van der Waals surface area contributed by atoms with E-state index < -0.39 is 0 Å². The van der Waals surface area contributed by atoms with Crippen molar-refractivity contribution in [2.24, 2.45) is 10.7 Å². The molecule has 110 valence electrons. The van der Waals surface area contributed by atoms with Crippen LogP contribution in [0.5, 0.6) is 0 Å². The minimum absolute atomic E-state index is 0. The Morgan fingerprint density at radius 2 is 1.62 bits per heavy atom. The predicted molar refractivity (Wildman–Crippen MR) is 94.1 cm³/mol. The maximum atomic E-state index is 6.09. The van der Waals surface area contributed by atoms with Gasteiger partial charge in [0.25, 0.3) is 0 Å². The third kappa shape index (κ3) is 3.42. The molecule has 0 aliphatic carbocycles. The van der Waals surface area contributed by atoms with Crippen molar-refractivity contribution in [3.05, 3.63) is 71.8 Å². The van der Waals surface area contributed by atoms with E-state index >= 15 is 0 Å². The maximum absolute atomic E-state index is 6.09. The fourth-order valence-electron chi connectivity index (χ4n) is 2.70. The molecule has 1 heterocycles. The number of nitrogens with zero attached hydrogens (tertiary/aromatic N) is 1. The molecule has 0 saturated heterocycles. The summed E-state index contributed by atoms with van der Waals surface area (Å²) in [6.45, 7) is 2.17. The molecule has 2 atom stereocenters. The van der Waals surface area contributed by atoms with Gasteiger partial charge in [0.1, 0.15) is 0 Å². The lowest BCUT2D eigenvalue weighted by atomic mass is 9.86. The van der Waals surface area contributed by atoms with Crippen molar-refractivity contribution in [2.75, 3.05) is 0 Å². The van der Waals surface area contributed by atoms with Crippen molar-refractivity contribution < 1.29 is 0 Å². The van der Waals surface area contributed by atoms with Gasteiger partial charge >= 0.3 is 0 Å². The zero-order valence-electron chi connectivity index (χ0n) is 11.9. The SMILES string of the molecule is C[C@]1(c2ccccc2)C[C@@H](c2ccccc2)SC(N)=N1.Cl. The lowest BCUT2D eigenvalue weighted by Crippen LogP contribution is -2.30. The summed E-state index contributed by atoms with van der Waals surface area (Å²) >= 11 is 1.66. The molecule has 0 saturated carbocycles. The first-order valence-electron chi connectivity index (χ1n) is 6.80. The molecule has 0 radical (unpaired) electrons. The van der Waals surface area contributed by atoms with Crippen LogP contribution in [-0.4, -0.2) is 5.17 Å². The second-order valence-corrected chi connectivity index (χ2v) is 6.53. The van der Waals surface area contributed by atoms with Crippen LogP contribution >= 0.6 is 24.2 Å². The molecule has 1 aliphatic rings. The van der Waals surface area contributed by atoms with Crippen molar-refractivity contribution in [3.8, 4) is 0 Å². The average molecular weight is 319 g/mol. The van der Waals surface area contributed by atoms with Gasteiger partial charge in [0.2, 0.25) is 0 Å². The minimum atomic E-state index is -0.239. The van der Waals surface area contributed by atoms with Gasteiger partial charge in [0.05, 0.1) is 5.54 Å². The lowest BCUT2D eigenvalue weighted by Gasteiger charge is -2.34. The zero-order chi connectivity index (χ0) is 14.0. The van der Waals surface area contributed by atoms with Gasteiger partial charge in [0, 0.05) is 5.25 Å². The summed E-state index contributed by atoms with van der Waals surface area (Å²) in [6.07, 6.45) is 0.965. The van der Waals surface area contributed by atoms with Crippen LogP contribution in [0.2, 0.25) is 0 Å². The van der Waals surface area contributed by atoms with Gasteiger partial charge in [-0.1, -0.05) is 72.4 Å². The number of rotatable bonds is 2. The summed E-state index contributed by atoms with van der Waals surface area (Å²) in [6, 6.07) is 21.0. The van der Waals surface area contributed by atoms with Crippen molar-refractivity contribution in [2.45, 2.75) is 24.1 Å². The van der Waals surface area contributed by atoms with Crippen LogP contribution < -0.4 is 5.73 Å². The first-order valence-corrected chi connectivity index (χ1v) is 7.68. The Labute approximate surface area is 136 Å². The molecule has 4 heteroatoms. The highest BCUT2D eigenvalue weighted by molar-refractivity contribution is 8.14. The fourth-order valence-corrected chi connectivity index (χ4v) is 3.94. The molecule has 0 amide bonds. The molecule has 0 spiro atoms. The third-order valence-electron chi connectivity index (χ3n) is 3.77. The maximum Gasteiger partial charge on any atom is 0.155 e. The Balaban J connectivity index is 0.00000161. The van der Waals surface area contributed by atoms with Gasteiger partial charge in [-0.25, -0.2) is 0 Å². The predicted octanol–water partition coefficient (Wildman–Crippen LogP) is 4.52. The van der Waals surface area contributed by atoms with Crippen LogP contribution in [0.1, 0.15) is 29.7 Å². The monoisotopic (exact) mass is 318 g/mol. The van der Waals surface area contributed by atoms with E-state index in [9.17, 15) is 0 Å². The summed E-state index contributed by atoms with van der Waals surface area (Å²) in [5.41, 5.74) is 8.39. The number of hydrogen-bond acceptors (Lipinski definition) is 3. The molecule has 21 heavy (non-hydrogen) atoms. The van der Waals surface area contributed by atoms with E-state index in [2.05, 4.69) is 55.5 Å². The molecule has 0 fully saturated rings. The van der Waals surface area contributed by atoms with Gasteiger partial charge in [-0.2, -0.15) is 0 Å². The normalized spacial score (nSPS) is 24.8. The molecule has 2 aromatic carbocycles. The molecule has 2 N–H and O–H groups in total. The topological polar surface area (TPSA) is 38.4 Å². The van der Waals surface area contributed by atoms with E-state index in [4.69, 9.17) is 10.7 Å². The third-order valence-corrected chi connectivity index (χ3v) is 4.83. The van der Waals surface area contributed by atoms with E-state index in [0.29, 0.717) is 10.4 Å². The molecule has 0 aromatic heterocycles. The second-order valence-electron chi connectivity index (χ2n) is 5.31. The second kappa shape index (κ2) is 6.54. The van der Waals surface area contributed by atoms with Crippen LogP contribution in [0.4, 0.5) is 0 Å². The van der Waals surface area contributed by atoms with E-state index in [-0.39, 0.29) is 17.9 Å². The highest BCUT2D eigenvalue weighted by Crippen LogP contribution is 2.46. The number of hydrogen-bond donors (Lipinski definition) is 1. The summed E-state index contributed by atoms with van der Waals surface area (Å²) in [5.74, 6) is 0.